The molecule has 9 heteroatoms. The van der Waals surface area contributed by atoms with Crippen molar-refractivity contribution in [2.24, 2.45) is 0 Å². The van der Waals surface area contributed by atoms with E-state index in [-0.39, 0.29) is 29.9 Å². The molecule has 1 N–H and O–H groups in total. The Balaban J connectivity index is 2.37. The van der Waals surface area contributed by atoms with E-state index in [0.29, 0.717) is 11.6 Å². The van der Waals surface area contributed by atoms with Crippen LogP contribution in [0, 0.1) is 10.1 Å². The zero-order chi connectivity index (χ0) is 23.2. The van der Waals surface area contributed by atoms with Gasteiger partial charge in [-0.2, -0.15) is 0 Å². The predicted molar refractivity (Wildman–Crippen MR) is 118 cm³/mol. The van der Waals surface area contributed by atoms with Crippen LogP contribution in [-0.2, 0) is 17.8 Å². The zero-order valence-electron chi connectivity index (χ0n) is 18.0. The monoisotopic (exact) mass is 447 g/mol. The van der Waals surface area contributed by atoms with Gasteiger partial charge in [0.25, 0.3) is 11.6 Å². The zero-order valence-corrected chi connectivity index (χ0v) is 18.7. The Hall–Kier alpha value is -3.13. The van der Waals surface area contributed by atoms with Crippen LogP contribution in [0.15, 0.2) is 42.5 Å². The highest BCUT2D eigenvalue weighted by atomic mass is 35.5. The van der Waals surface area contributed by atoms with Gasteiger partial charge in [0.15, 0.2) is 0 Å². The lowest BCUT2D eigenvalue weighted by molar-refractivity contribution is -0.385. The molecule has 0 aliphatic rings. The van der Waals surface area contributed by atoms with Gasteiger partial charge in [-0.15, -0.1) is 0 Å². The quantitative estimate of drug-likeness (QED) is 0.478. The van der Waals surface area contributed by atoms with Crippen LogP contribution in [0.1, 0.15) is 49.2 Å². The van der Waals surface area contributed by atoms with Crippen molar-refractivity contribution in [2.75, 3.05) is 6.54 Å². The van der Waals surface area contributed by atoms with E-state index < -0.39 is 22.5 Å². The summed E-state index contributed by atoms with van der Waals surface area (Å²) >= 11 is 5.93. The number of hydrogen-bond donors (Lipinski definition) is 1. The first-order valence-electron chi connectivity index (χ1n) is 9.78. The number of hydrogen-bond acceptors (Lipinski definition) is 5. The maximum atomic E-state index is 12.8. The molecule has 0 heterocycles. The third-order valence-corrected chi connectivity index (χ3v) is 4.43. The van der Waals surface area contributed by atoms with Crippen LogP contribution in [0.3, 0.4) is 0 Å². The van der Waals surface area contributed by atoms with Gasteiger partial charge in [-0.05, 0) is 57.5 Å². The summed E-state index contributed by atoms with van der Waals surface area (Å²) in [5.74, 6) is -0.401. The number of ether oxygens (including phenoxy) is 1. The number of nitrogens with zero attached hydrogens (tertiary/aromatic N) is 2. The molecule has 2 rings (SSSR count). The average molecular weight is 448 g/mol. The van der Waals surface area contributed by atoms with Gasteiger partial charge in [-0.25, -0.2) is 4.79 Å². The van der Waals surface area contributed by atoms with E-state index in [1.54, 1.807) is 52.0 Å². The van der Waals surface area contributed by atoms with Gasteiger partial charge in [0, 0.05) is 35.3 Å². The van der Waals surface area contributed by atoms with Crippen LogP contribution in [0.4, 0.5) is 10.5 Å². The molecule has 0 unspecified atom stereocenters. The fourth-order valence-electron chi connectivity index (χ4n) is 2.80. The number of carbonyl (C=O) groups excluding carboxylic acids is 2. The van der Waals surface area contributed by atoms with Gasteiger partial charge >= 0.3 is 6.09 Å². The molecule has 0 atom stereocenters. The molecule has 0 fully saturated rings. The van der Waals surface area contributed by atoms with E-state index in [2.05, 4.69) is 5.32 Å². The lowest BCUT2D eigenvalue weighted by Crippen LogP contribution is -2.36. The first kappa shape index (κ1) is 24.1. The summed E-state index contributed by atoms with van der Waals surface area (Å²) in [5.41, 5.74) is 0.283. The van der Waals surface area contributed by atoms with Gasteiger partial charge < -0.3 is 10.1 Å². The average Bonchev–Trinajstić information content (AvgIpc) is 2.68. The topological polar surface area (TPSA) is 102 Å². The molecule has 0 aromatic heterocycles. The van der Waals surface area contributed by atoms with Crippen molar-refractivity contribution in [2.45, 2.75) is 46.4 Å². The summed E-state index contributed by atoms with van der Waals surface area (Å²) in [6.45, 7) is 7.50. The van der Waals surface area contributed by atoms with Crippen LogP contribution >= 0.6 is 11.6 Å². The molecule has 0 aliphatic carbocycles. The predicted octanol–water partition coefficient (Wildman–Crippen LogP) is 4.94. The van der Waals surface area contributed by atoms with Crippen LogP contribution in [0.25, 0.3) is 0 Å². The fraction of sp³-hybridized carbons (Fsp3) is 0.364. The number of amides is 2. The van der Waals surface area contributed by atoms with Crippen molar-refractivity contribution in [1.82, 2.24) is 10.2 Å². The Morgan fingerprint density at radius 2 is 1.77 bits per heavy atom. The van der Waals surface area contributed by atoms with E-state index in [9.17, 15) is 19.7 Å². The molecular formula is C22H26ClN3O5. The van der Waals surface area contributed by atoms with E-state index in [1.165, 1.54) is 23.1 Å². The number of halogens is 1. The minimum Gasteiger partial charge on any atom is -0.444 e. The summed E-state index contributed by atoms with van der Waals surface area (Å²) in [6.07, 6.45) is -0.607. The lowest BCUT2D eigenvalue weighted by atomic mass is 10.1. The standard InChI is InChI=1S/C22H26ClN3O5/c1-5-24-20(27)16-8-9-17(19(12-16)26(29)30)14-25(21(28)31-22(2,3)4)13-15-6-10-18(23)11-7-15/h6-12H,5,13-14H2,1-4H3,(H,24,27). The third-order valence-electron chi connectivity index (χ3n) is 4.18. The van der Waals surface area contributed by atoms with Gasteiger partial charge in [0.1, 0.15) is 5.60 Å². The smallest absolute Gasteiger partial charge is 0.410 e. The molecule has 0 spiro atoms. The SMILES string of the molecule is CCNC(=O)c1ccc(CN(Cc2ccc(Cl)cc2)C(=O)OC(C)(C)C)c([N+](=O)[O-])c1. The minimum absolute atomic E-state index is 0.0659. The maximum absolute atomic E-state index is 12.8. The molecule has 2 aromatic rings. The molecule has 2 aromatic carbocycles. The molecule has 0 aliphatic heterocycles. The highest BCUT2D eigenvalue weighted by molar-refractivity contribution is 6.30. The molecule has 0 radical (unpaired) electrons. The molecule has 8 nitrogen and oxygen atoms in total. The number of rotatable bonds is 7. The molecule has 0 saturated carbocycles. The Bertz CT molecular complexity index is 955. The van der Waals surface area contributed by atoms with Crippen molar-refractivity contribution in [3.63, 3.8) is 0 Å². The molecule has 0 bridgehead atoms. The Morgan fingerprint density at radius 1 is 1.13 bits per heavy atom. The Kier molecular flexibility index (Phi) is 7.99. The molecule has 31 heavy (non-hydrogen) atoms. The van der Waals surface area contributed by atoms with Crippen molar-refractivity contribution in [3.8, 4) is 0 Å². The second kappa shape index (κ2) is 10.3. The van der Waals surface area contributed by atoms with E-state index in [4.69, 9.17) is 16.3 Å². The molecule has 0 saturated heterocycles. The van der Waals surface area contributed by atoms with E-state index in [1.807, 2.05) is 0 Å². The third kappa shape index (κ3) is 7.25. The van der Waals surface area contributed by atoms with Crippen LogP contribution in [0.5, 0.6) is 0 Å². The van der Waals surface area contributed by atoms with Crippen molar-refractivity contribution in [1.29, 1.82) is 0 Å². The summed E-state index contributed by atoms with van der Waals surface area (Å²) in [7, 11) is 0. The maximum Gasteiger partial charge on any atom is 0.410 e. The number of nitro groups is 1. The van der Waals surface area contributed by atoms with Gasteiger partial charge in [0.2, 0.25) is 0 Å². The summed E-state index contributed by atoms with van der Waals surface area (Å²) in [5, 5.41) is 14.8. The first-order valence-corrected chi connectivity index (χ1v) is 10.2. The number of nitro benzene ring substituents is 1. The van der Waals surface area contributed by atoms with Crippen LogP contribution in [0.2, 0.25) is 5.02 Å². The molecule has 2 amide bonds. The Morgan fingerprint density at radius 3 is 2.32 bits per heavy atom. The number of carbonyl (C=O) groups is 2. The summed E-state index contributed by atoms with van der Waals surface area (Å²) in [4.78, 5) is 37.3. The number of nitrogens with one attached hydrogen (secondary N) is 1. The Labute approximate surface area is 186 Å². The number of benzene rings is 2. The van der Waals surface area contributed by atoms with Crippen LogP contribution in [-0.4, -0.2) is 34.0 Å². The van der Waals surface area contributed by atoms with Crippen molar-refractivity contribution >= 4 is 29.3 Å². The van der Waals surface area contributed by atoms with Crippen molar-refractivity contribution < 1.29 is 19.2 Å². The molecular weight excluding hydrogens is 422 g/mol. The highest BCUT2D eigenvalue weighted by Gasteiger charge is 2.26. The second-order valence-electron chi connectivity index (χ2n) is 7.92. The summed E-state index contributed by atoms with van der Waals surface area (Å²) < 4.78 is 5.49. The largest absolute Gasteiger partial charge is 0.444 e. The van der Waals surface area contributed by atoms with Gasteiger partial charge in [-0.1, -0.05) is 23.7 Å². The summed E-state index contributed by atoms with van der Waals surface area (Å²) in [6, 6.07) is 11.2. The fourth-order valence-corrected chi connectivity index (χ4v) is 2.92. The van der Waals surface area contributed by atoms with E-state index >= 15 is 0 Å². The van der Waals surface area contributed by atoms with Crippen LogP contribution < -0.4 is 5.32 Å². The highest BCUT2D eigenvalue weighted by Crippen LogP contribution is 2.24. The second-order valence-corrected chi connectivity index (χ2v) is 8.36. The van der Waals surface area contributed by atoms with Gasteiger partial charge in [0.05, 0.1) is 11.5 Å². The lowest BCUT2D eigenvalue weighted by Gasteiger charge is -2.27. The molecule has 166 valence electrons. The minimum atomic E-state index is -0.733. The van der Waals surface area contributed by atoms with Gasteiger partial charge in [-0.3, -0.25) is 19.8 Å². The first-order chi connectivity index (χ1) is 14.5. The van der Waals surface area contributed by atoms with Crippen molar-refractivity contribution in [3.05, 3.63) is 74.3 Å². The van der Waals surface area contributed by atoms with E-state index in [0.717, 1.165) is 5.56 Å². The normalized spacial score (nSPS) is 11.0.